The Kier molecular flexibility index (Phi) is 5.15. The van der Waals surface area contributed by atoms with Crippen LogP contribution in [0.1, 0.15) is 43.2 Å². The van der Waals surface area contributed by atoms with Crippen LogP contribution in [-0.2, 0) is 5.41 Å². The summed E-state index contributed by atoms with van der Waals surface area (Å²) in [6, 6.07) is 45.0. The molecule has 0 aliphatic heterocycles. The molecule has 0 saturated heterocycles. The molecule has 10 rings (SSSR count). The molecular weight excluding hydrogens is 494 g/mol. The zero-order valence-electron chi connectivity index (χ0n) is 23.4. The molecule has 4 fully saturated rings. The van der Waals surface area contributed by atoms with Crippen molar-refractivity contribution in [1.29, 1.82) is 0 Å². The number of hydrogen-bond acceptors (Lipinski definition) is 1. The van der Waals surface area contributed by atoms with Crippen LogP contribution in [0, 0.1) is 23.7 Å². The Morgan fingerprint density at radius 2 is 1.07 bits per heavy atom. The molecule has 1 spiro atoms. The van der Waals surface area contributed by atoms with Crippen molar-refractivity contribution in [2.75, 3.05) is 5.32 Å². The molecule has 200 valence electrons. The molecule has 0 radical (unpaired) electrons. The predicted molar refractivity (Wildman–Crippen MR) is 170 cm³/mol. The van der Waals surface area contributed by atoms with Crippen molar-refractivity contribution >= 4 is 11.4 Å². The average molecular weight is 530 g/mol. The number of anilines is 2. The van der Waals surface area contributed by atoms with E-state index < -0.39 is 0 Å². The Morgan fingerprint density at radius 3 is 1.83 bits per heavy atom. The van der Waals surface area contributed by atoms with E-state index in [1.54, 1.807) is 11.1 Å². The summed E-state index contributed by atoms with van der Waals surface area (Å²) in [4.78, 5) is 0. The minimum Gasteiger partial charge on any atom is -0.355 e. The van der Waals surface area contributed by atoms with E-state index in [-0.39, 0.29) is 5.41 Å². The van der Waals surface area contributed by atoms with E-state index in [1.165, 1.54) is 71.2 Å². The van der Waals surface area contributed by atoms with Gasteiger partial charge < -0.3 is 5.32 Å². The van der Waals surface area contributed by atoms with Gasteiger partial charge in [0.15, 0.2) is 0 Å². The summed E-state index contributed by atoms with van der Waals surface area (Å²) < 4.78 is 0. The van der Waals surface area contributed by atoms with Crippen LogP contribution in [0.15, 0.2) is 121 Å². The van der Waals surface area contributed by atoms with Gasteiger partial charge >= 0.3 is 0 Å². The Balaban J connectivity index is 1.11. The number of hydrogen-bond donors (Lipinski definition) is 1. The molecule has 0 atom stereocenters. The molecule has 5 aromatic carbocycles. The highest BCUT2D eigenvalue weighted by Gasteiger charge is 2.62. The highest BCUT2D eigenvalue weighted by Crippen LogP contribution is 2.70. The van der Waals surface area contributed by atoms with Gasteiger partial charge in [0.2, 0.25) is 0 Å². The first-order valence-electron chi connectivity index (χ1n) is 15.5. The highest BCUT2D eigenvalue weighted by molar-refractivity contribution is 5.88. The normalized spacial score (nSPS) is 26.6. The minimum atomic E-state index is 0.161. The maximum absolute atomic E-state index is 3.97. The SMILES string of the molecule is c1ccc(-c2ccc(-c3cccc(Nc4cccc5c4C4(c6ccccc6-5)C5CC6CC(C5)CC4C6)c3)cc2)cc1. The van der Waals surface area contributed by atoms with Crippen molar-refractivity contribution in [3.63, 3.8) is 0 Å². The lowest BCUT2D eigenvalue weighted by Crippen LogP contribution is -2.55. The summed E-state index contributed by atoms with van der Waals surface area (Å²) in [6.07, 6.45) is 7.11. The molecule has 0 heterocycles. The van der Waals surface area contributed by atoms with E-state index in [4.69, 9.17) is 0 Å². The third kappa shape index (κ3) is 3.48. The van der Waals surface area contributed by atoms with Crippen LogP contribution in [0.3, 0.4) is 0 Å². The average Bonchev–Trinajstić information content (AvgIpc) is 3.32. The summed E-state index contributed by atoms with van der Waals surface area (Å²) in [5.41, 5.74) is 13.8. The first-order valence-corrected chi connectivity index (χ1v) is 15.5. The minimum absolute atomic E-state index is 0.161. The van der Waals surface area contributed by atoms with E-state index in [0.717, 1.165) is 29.4 Å². The molecule has 1 nitrogen and oxygen atoms in total. The molecule has 0 unspecified atom stereocenters. The molecule has 5 aliphatic rings. The quantitative estimate of drug-likeness (QED) is 0.244. The molecular formula is C40H35N. The van der Waals surface area contributed by atoms with Crippen LogP contribution < -0.4 is 5.32 Å². The Bertz CT molecular complexity index is 1740. The zero-order chi connectivity index (χ0) is 27.0. The third-order valence-corrected chi connectivity index (χ3v) is 11.0. The van der Waals surface area contributed by atoms with E-state index in [1.807, 2.05) is 0 Å². The number of benzene rings is 5. The van der Waals surface area contributed by atoms with Gasteiger partial charge in [0.1, 0.15) is 0 Å². The molecule has 0 aromatic heterocycles. The molecule has 41 heavy (non-hydrogen) atoms. The second-order valence-corrected chi connectivity index (χ2v) is 13.1. The van der Waals surface area contributed by atoms with E-state index in [9.17, 15) is 0 Å². The Morgan fingerprint density at radius 1 is 0.488 bits per heavy atom. The second-order valence-electron chi connectivity index (χ2n) is 13.1. The first-order chi connectivity index (χ1) is 20.3. The fraction of sp³-hybridized carbons (Fsp3) is 0.250. The standard InChI is InChI=1S/C40H35N/c1-2-8-28(9-3-1)29-16-18-30(19-17-29)31-10-6-11-34(25-31)41-38-15-7-13-36-35-12-4-5-14-37(35)40(39(36)38)32-21-26-20-27(23-32)24-33(40)22-26/h1-19,25-27,32-33,41H,20-24H2. The van der Waals surface area contributed by atoms with Crippen molar-refractivity contribution < 1.29 is 0 Å². The lowest BCUT2D eigenvalue weighted by Gasteiger charge is -2.61. The fourth-order valence-electron chi connectivity index (χ4n) is 9.73. The summed E-state index contributed by atoms with van der Waals surface area (Å²) >= 11 is 0. The maximum Gasteiger partial charge on any atom is 0.0432 e. The maximum atomic E-state index is 3.97. The summed E-state index contributed by atoms with van der Waals surface area (Å²) in [6.45, 7) is 0. The first kappa shape index (κ1) is 23.6. The largest absolute Gasteiger partial charge is 0.355 e. The van der Waals surface area contributed by atoms with Crippen molar-refractivity contribution in [3.8, 4) is 33.4 Å². The summed E-state index contributed by atoms with van der Waals surface area (Å²) in [7, 11) is 0. The molecule has 4 bridgehead atoms. The van der Waals surface area contributed by atoms with Gasteiger partial charge in [-0.2, -0.15) is 0 Å². The smallest absolute Gasteiger partial charge is 0.0432 e. The number of fused-ring (bicyclic) bond motifs is 3. The number of nitrogens with one attached hydrogen (secondary N) is 1. The van der Waals surface area contributed by atoms with Crippen LogP contribution in [0.25, 0.3) is 33.4 Å². The molecule has 5 aliphatic carbocycles. The summed E-state index contributed by atoms with van der Waals surface area (Å²) in [5, 5.41) is 3.97. The van der Waals surface area contributed by atoms with Crippen molar-refractivity contribution in [2.24, 2.45) is 23.7 Å². The van der Waals surface area contributed by atoms with Crippen molar-refractivity contribution in [1.82, 2.24) is 0 Å². The lowest BCUT2D eigenvalue weighted by molar-refractivity contribution is -0.0396. The molecule has 5 aromatic rings. The van der Waals surface area contributed by atoms with Gasteiger partial charge in [-0.05, 0) is 118 Å². The fourth-order valence-corrected chi connectivity index (χ4v) is 9.73. The molecule has 0 amide bonds. The third-order valence-electron chi connectivity index (χ3n) is 11.0. The van der Waals surface area contributed by atoms with Crippen molar-refractivity contribution in [2.45, 2.75) is 37.5 Å². The van der Waals surface area contributed by atoms with Gasteiger partial charge in [0.25, 0.3) is 0 Å². The van der Waals surface area contributed by atoms with Crippen LogP contribution in [0.2, 0.25) is 0 Å². The van der Waals surface area contributed by atoms with Crippen molar-refractivity contribution in [3.05, 3.63) is 132 Å². The van der Waals surface area contributed by atoms with Crippen LogP contribution in [0.4, 0.5) is 11.4 Å². The van der Waals surface area contributed by atoms with Gasteiger partial charge in [-0.25, -0.2) is 0 Å². The topological polar surface area (TPSA) is 12.0 Å². The molecule has 4 saturated carbocycles. The van der Waals surface area contributed by atoms with Gasteiger partial charge in [0.05, 0.1) is 0 Å². The second kappa shape index (κ2) is 8.95. The van der Waals surface area contributed by atoms with Gasteiger partial charge in [-0.15, -0.1) is 0 Å². The van der Waals surface area contributed by atoms with Gasteiger partial charge in [-0.1, -0.05) is 103 Å². The Hall–Kier alpha value is -4.10. The van der Waals surface area contributed by atoms with Crippen LogP contribution in [-0.4, -0.2) is 0 Å². The monoisotopic (exact) mass is 529 g/mol. The van der Waals surface area contributed by atoms with Gasteiger partial charge in [-0.3, -0.25) is 0 Å². The van der Waals surface area contributed by atoms with E-state index >= 15 is 0 Å². The highest BCUT2D eigenvalue weighted by atomic mass is 14.9. The summed E-state index contributed by atoms with van der Waals surface area (Å²) in [5.74, 6) is 3.42. The zero-order valence-corrected chi connectivity index (χ0v) is 23.4. The van der Waals surface area contributed by atoms with Crippen LogP contribution in [0.5, 0.6) is 0 Å². The van der Waals surface area contributed by atoms with Crippen LogP contribution >= 0.6 is 0 Å². The lowest BCUT2D eigenvalue weighted by atomic mass is 9.43. The predicted octanol–water partition coefficient (Wildman–Crippen LogP) is 10.5. The molecule has 1 heteroatoms. The van der Waals surface area contributed by atoms with E-state index in [2.05, 4.69) is 127 Å². The molecule has 1 N–H and O–H groups in total. The number of rotatable bonds is 4. The van der Waals surface area contributed by atoms with Gasteiger partial charge in [0, 0.05) is 16.8 Å². The Labute approximate surface area is 243 Å². The van der Waals surface area contributed by atoms with E-state index in [0.29, 0.717) is 0 Å².